The van der Waals surface area contributed by atoms with Crippen molar-refractivity contribution >= 4 is 12.3 Å². The highest BCUT2D eigenvalue weighted by Gasteiger charge is 2.20. The molecule has 0 aliphatic carbocycles. The van der Waals surface area contributed by atoms with Gasteiger partial charge in [-0.15, -0.1) is 0 Å². The molecule has 0 aromatic carbocycles. The number of nitrogens with one attached hydrogen (secondary N) is 1. The minimum absolute atomic E-state index is 0.290. The van der Waals surface area contributed by atoms with E-state index in [1.807, 2.05) is 13.8 Å². The van der Waals surface area contributed by atoms with Crippen molar-refractivity contribution in [3.8, 4) is 0 Å². The molecule has 0 atom stereocenters. The Kier molecular flexibility index (Phi) is 4.28. The second-order valence-corrected chi connectivity index (χ2v) is 3.75. The van der Waals surface area contributed by atoms with E-state index in [1.54, 1.807) is 0 Å². The number of aryl methyl sites for hydroxylation is 1. The molecule has 4 nitrogen and oxygen atoms in total. The molecule has 1 aromatic rings. The van der Waals surface area contributed by atoms with Gasteiger partial charge in [-0.25, -0.2) is 4.79 Å². The maximum absolute atomic E-state index is 11.2. The normalized spacial score (nSPS) is 10.4. The van der Waals surface area contributed by atoms with Crippen LogP contribution in [0.5, 0.6) is 0 Å². The van der Waals surface area contributed by atoms with Gasteiger partial charge in [-0.2, -0.15) is 0 Å². The van der Waals surface area contributed by atoms with Crippen LogP contribution in [-0.4, -0.2) is 22.3 Å². The first-order chi connectivity index (χ1) is 7.65. The van der Waals surface area contributed by atoms with E-state index in [9.17, 15) is 9.59 Å². The lowest BCUT2D eigenvalue weighted by atomic mass is 10.0. The van der Waals surface area contributed by atoms with E-state index in [0.29, 0.717) is 36.1 Å². The number of aldehydes is 1. The SMILES string of the molecule is CCCCc1c(C=O)[nH]c(CC)c1C(=O)O. The van der Waals surface area contributed by atoms with Crippen LogP contribution in [-0.2, 0) is 12.8 Å². The minimum Gasteiger partial charge on any atom is -0.478 e. The molecule has 0 fully saturated rings. The number of aromatic amines is 1. The molecular formula is C12H17NO3. The van der Waals surface area contributed by atoms with Crippen LogP contribution in [0.3, 0.4) is 0 Å². The Labute approximate surface area is 94.7 Å². The monoisotopic (exact) mass is 223 g/mol. The molecule has 4 heteroatoms. The van der Waals surface area contributed by atoms with Crippen molar-refractivity contribution in [2.75, 3.05) is 0 Å². The second-order valence-electron chi connectivity index (χ2n) is 3.75. The third kappa shape index (κ3) is 2.32. The van der Waals surface area contributed by atoms with E-state index in [-0.39, 0.29) is 5.56 Å². The van der Waals surface area contributed by atoms with Gasteiger partial charge >= 0.3 is 5.97 Å². The minimum atomic E-state index is -0.952. The summed E-state index contributed by atoms with van der Waals surface area (Å²) in [6.07, 6.45) is 3.81. The zero-order valence-electron chi connectivity index (χ0n) is 9.67. The molecule has 0 amide bonds. The summed E-state index contributed by atoms with van der Waals surface area (Å²) in [6.45, 7) is 3.91. The molecule has 16 heavy (non-hydrogen) atoms. The fraction of sp³-hybridized carbons (Fsp3) is 0.500. The van der Waals surface area contributed by atoms with Gasteiger partial charge < -0.3 is 10.1 Å². The Balaban J connectivity index is 3.22. The number of carboxylic acid groups (broad SMARTS) is 1. The lowest BCUT2D eigenvalue weighted by Gasteiger charge is -2.01. The Morgan fingerprint density at radius 1 is 1.44 bits per heavy atom. The zero-order chi connectivity index (χ0) is 12.1. The lowest BCUT2D eigenvalue weighted by molar-refractivity contribution is 0.0694. The first-order valence-electron chi connectivity index (χ1n) is 5.57. The molecule has 2 N–H and O–H groups in total. The molecular weight excluding hydrogens is 206 g/mol. The molecule has 0 saturated carbocycles. The van der Waals surface area contributed by atoms with Gasteiger partial charge in [0, 0.05) is 5.69 Å². The number of carboxylic acids is 1. The smallest absolute Gasteiger partial charge is 0.337 e. The Morgan fingerprint density at radius 2 is 2.12 bits per heavy atom. The molecule has 0 saturated heterocycles. The van der Waals surface area contributed by atoms with E-state index in [0.717, 1.165) is 12.8 Å². The van der Waals surface area contributed by atoms with E-state index in [4.69, 9.17) is 5.11 Å². The van der Waals surface area contributed by atoms with Crippen LogP contribution in [0.1, 0.15) is 58.8 Å². The van der Waals surface area contributed by atoms with Crippen LogP contribution in [0.2, 0.25) is 0 Å². The Hall–Kier alpha value is -1.58. The van der Waals surface area contributed by atoms with Crippen LogP contribution >= 0.6 is 0 Å². The highest BCUT2D eigenvalue weighted by atomic mass is 16.4. The number of rotatable bonds is 6. The quantitative estimate of drug-likeness (QED) is 0.727. The zero-order valence-corrected chi connectivity index (χ0v) is 9.67. The summed E-state index contributed by atoms with van der Waals surface area (Å²) in [7, 11) is 0. The summed E-state index contributed by atoms with van der Waals surface area (Å²) < 4.78 is 0. The van der Waals surface area contributed by atoms with E-state index in [2.05, 4.69) is 4.98 Å². The topological polar surface area (TPSA) is 70.2 Å². The number of carbonyl (C=O) groups is 2. The third-order valence-electron chi connectivity index (χ3n) is 2.68. The number of unbranched alkanes of at least 4 members (excludes halogenated alkanes) is 1. The van der Waals surface area contributed by atoms with Crippen LogP contribution in [0, 0.1) is 0 Å². The van der Waals surface area contributed by atoms with E-state index >= 15 is 0 Å². The van der Waals surface area contributed by atoms with Gasteiger partial charge in [-0.05, 0) is 24.8 Å². The number of hydrogen-bond donors (Lipinski definition) is 2. The second kappa shape index (κ2) is 5.49. The molecule has 1 heterocycles. The number of aromatic nitrogens is 1. The fourth-order valence-corrected chi connectivity index (χ4v) is 1.85. The van der Waals surface area contributed by atoms with Gasteiger partial charge in [0.25, 0.3) is 0 Å². The van der Waals surface area contributed by atoms with Crippen molar-refractivity contribution in [1.29, 1.82) is 0 Å². The van der Waals surface area contributed by atoms with Crippen molar-refractivity contribution in [3.05, 3.63) is 22.5 Å². The average molecular weight is 223 g/mol. The number of H-pyrrole nitrogens is 1. The standard InChI is InChI=1S/C12H17NO3/c1-3-5-6-8-10(7-14)13-9(4-2)11(8)12(15)16/h7,13H,3-6H2,1-2H3,(H,15,16). The highest BCUT2D eigenvalue weighted by molar-refractivity contribution is 5.94. The summed E-state index contributed by atoms with van der Waals surface area (Å²) in [5.74, 6) is -0.952. The predicted octanol–water partition coefficient (Wildman–Crippen LogP) is 2.43. The summed E-state index contributed by atoms with van der Waals surface area (Å²) >= 11 is 0. The first-order valence-corrected chi connectivity index (χ1v) is 5.57. The van der Waals surface area contributed by atoms with E-state index < -0.39 is 5.97 Å². The van der Waals surface area contributed by atoms with Gasteiger partial charge in [-0.3, -0.25) is 4.79 Å². The largest absolute Gasteiger partial charge is 0.478 e. The maximum Gasteiger partial charge on any atom is 0.337 e. The molecule has 0 unspecified atom stereocenters. The molecule has 88 valence electrons. The fourth-order valence-electron chi connectivity index (χ4n) is 1.85. The first kappa shape index (κ1) is 12.5. The van der Waals surface area contributed by atoms with Gasteiger partial charge in [0.05, 0.1) is 11.3 Å². The molecule has 0 bridgehead atoms. The van der Waals surface area contributed by atoms with Gasteiger partial charge in [-0.1, -0.05) is 20.3 Å². The van der Waals surface area contributed by atoms with Crippen LogP contribution in [0.4, 0.5) is 0 Å². The van der Waals surface area contributed by atoms with Crippen molar-refractivity contribution in [2.24, 2.45) is 0 Å². The van der Waals surface area contributed by atoms with Crippen molar-refractivity contribution in [1.82, 2.24) is 4.98 Å². The van der Waals surface area contributed by atoms with Crippen LogP contribution < -0.4 is 0 Å². The van der Waals surface area contributed by atoms with Crippen LogP contribution in [0.15, 0.2) is 0 Å². The summed E-state index contributed by atoms with van der Waals surface area (Å²) in [5.41, 5.74) is 2.00. The number of hydrogen-bond acceptors (Lipinski definition) is 2. The molecule has 1 rings (SSSR count). The number of aromatic carboxylic acids is 1. The van der Waals surface area contributed by atoms with Gasteiger partial charge in [0.1, 0.15) is 0 Å². The molecule has 0 spiro atoms. The summed E-state index contributed by atoms with van der Waals surface area (Å²) in [5, 5.41) is 9.15. The Morgan fingerprint density at radius 3 is 2.56 bits per heavy atom. The molecule has 0 aliphatic rings. The highest BCUT2D eigenvalue weighted by Crippen LogP contribution is 2.21. The van der Waals surface area contributed by atoms with Gasteiger partial charge in [0.15, 0.2) is 6.29 Å². The molecule has 0 aliphatic heterocycles. The Bertz CT molecular complexity index is 393. The maximum atomic E-state index is 11.2. The molecule has 0 radical (unpaired) electrons. The molecule has 1 aromatic heterocycles. The van der Waals surface area contributed by atoms with Crippen molar-refractivity contribution < 1.29 is 14.7 Å². The lowest BCUT2D eigenvalue weighted by Crippen LogP contribution is -2.03. The van der Waals surface area contributed by atoms with Crippen molar-refractivity contribution in [3.63, 3.8) is 0 Å². The average Bonchev–Trinajstić information content (AvgIpc) is 2.63. The summed E-state index contributed by atoms with van der Waals surface area (Å²) in [6, 6.07) is 0. The third-order valence-corrected chi connectivity index (χ3v) is 2.68. The summed E-state index contributed by atoms with van der Waals surface area (Å²) in [4.78, 5) is 24.9. The predicted molar refractivity (Wildman–Crippen MR) is 61.1 cm³/mol. The number of carbonyl (C=O) groups excluding carboxylic acids is 1. The van der Waals surface area contributed by atoms with E-state index in [1.165, 1.54) is 0 Å². The van der Waals surface area contributed by atoms with Crippen molar-refractivity contribution in [2.45, 2.75) is 39.5 Å². The van der Waals surface area contributed by atoms with Crippen LogP contribution in [0.25, 0.3) is 0 Å². The van der Waals surface area contributed by atoms with Gasteiger partial charge in [0.2, 0.25) is 0 Å².